The number of rotatable bonds is 3. The summed E-state index contributed by atoms with van der Waals surface area (Å²) in [6, 6.07) is -0.209. The fraction of sp³-hybridized carbons (Fsp3) is 0.455. The summed E-state index contributed by atoms with van der Waals surface area (Å²) < 4.78 is 1.74. The van der Waals surface area contributed by atoms with E-state index in [1.807, 2.05) is 27.1 Å². The second-order valence-electron chi connectivity index (χ2n) is 4.33. The van der Waals surface area contributed by atoms with Gasteiger partial charge in [0.25, 0.3) is 0 Å². The Hall–Kier alpha value is -1.96. The van der Waals surface area contributed by atoms with Gasteiger partial charge in [-0.25, -0.2) is 4.79 Å². The second-order valence-corrected chi connectivity index (χ2v) is 5.51. The summed E-state index contributed by atoms with van der Waals surface area (Å²) >= 11 is 1.35. The molecule has 0 aromatic carbocycles. The van der Waals surface area contributed by atoms with Crippen LogP contribution in [0.2, 0.25) is 0 Å². The van der Waals surface area contributed by atoms with Crippen LogP contribution < -0.4 is 5.32 Å². The Balaban J connectivity index is 1.97. The second kappa shape index (κ2) is 5.35. The third-order valence-corrected chi connectivity index (χ3v) is 3.36. The van der Waals surface area contributed by atoms with Crippen LogP contribution in [0.3, 0.4) is 0 Å². The minimum Gasteiger partial charge on any atom is -0.323 e. The molecule has 0 atom stereocenters. The Morgan fingerprint density at radius 1 is 1.47 bits per heavy atom. The number of anilines is 1. The minimum absolute atomic E-state index is 0.209. The zero-order valence-electron chi connectivity index (χ0n) is 11.3. The van der Waals surface area contributed by atoms with Crippen molar-refractivity contribution in [1.29, 1.82) is 0 Å². The van der Waals surface area contributed by atoms with E-state index in [1.165, 1.54) is 11.3 Å². The molecule has 2 heterocycles. The lowest BCUT2D eigenvalue weighted by atomic mass is 10.2. The van der Waals surface area contributed by atoms with E-state index in [0.717, 1.165) is 16.3 Å². The van der Waals surface area contributed by atoms with Gasteiger partial charge in [-0.2, -0.15) is 5.10 Å². The van der Waals surface area contributed by atoms with E-state index < -0.39 is 0 Å². The SMILES string of the molecule is Cc1nnc(NC(=O)N(C)Cc2cn(C)nc2C)s1. The Labute approximate surface area is 115 Å². The number of nitrogens with one attached hydrogen (secondary N) is 1. The number of carbonyl (C=O) groups excluding carboxylic acids is 1. The maximum absolute atomic E-state index is 12.0. The molecule has 2 aromatic rings. The van der Waals surface area contributed by atoms with E-state index >= 15 is 0 Å². The third kappa shape index (κ3) is 3.28. The van der Waals surface area contributed by atoms with Crippen molar-refractivity contribution in [2.75, 3.05) is 12.4 Å². The first-order valence-electron chi connectivity index (χ1n) is 5.77. The molecule has 102 valence electrons. The van der Waals surface area contributed by atoms with Crippen LogP contribution in [0.1, 0.15) is 16.3 Å². The largest absolute Gasteiger partial charge is 0.323 e. The lowest BCUT2D eigenvalue weighted by Crippen LogP contribution is -2.30. The van der Waals surface area contributed by atoms with Gasteiger partial charge in [0.2, 0.25) is 5.13 Å². The van der Waals surface area contributed by atoms with Gasteiger partial charge < -0.3 is 4.90 Å². The van der Waals surface area contributed by atoms with Crippen molar-refractivity contribution in [2.24, 2.45) is 7.05 Å². The summed E-state index contributed by atoms with van der Waals surface area (Å²) in [5, 5.41) is 16.0. The number of amides is 2. The molecular formula is C11H16N6OS. The molecule has 2 aromatic heterocycles. The highest BCUT2D eigenvalue weighted by molar-refractivity contribution is 7.15. The van der Waals surface area contributed by atoms with Crippen molar-refractivity contribution in [3.63, 3.8) is 0 Å². The van der Waals surface area contributed by atoms with Gasteiger partial charge in [-0.05, 0) is 13.8 Å². The summed E-state index contributed by atoms with van der Waals surface area (Å²) in [5.74, 6) is 0. The fourth-order valence-electron chi connectivity index (χ4n) is 1.67. The average Bonchev–Trinajstić information content (AvgIpc) is 2.85. The number of carbonyl (C=O) groups is 1. The highest BCUT2D eigenvalue weighted by Crippen LogP contribution is 2.15. The molecule has 1 N–H and O–H groups in total. The van der Waals surface area contributed by atoms with Crippen molar-refractivity contribution in [1.82, 2.24) is 24.9 Å². The zero-order valence-corrected chi connectivity index (χ0v) is 12.2. The molecule has 8 heteroatoms. The van der Waals surface area contributed by atoms with Gasteiger partial charge >= 0.3 is 6.03 Å². The Kier molecular flexibility index (Phi) is 3.79. The summed E-state index contributed by atoms with van der Waals surface area (Å²) in [4.78, 5) is 13.6. The van der Waals surface area contributed by atoms with Crippen LogP contribution in [-0.2, 0) is 13.6 Å². The smallest absolute Gasteiger partial charge is 0.323 e. The van der Waals surface area contributed by atoms with Crippen molar-refractivity contribution in [3.8, 4) is 0 Å². The first-order chi connectivity index (χ1) is 8.95. The Morgan fingerprint density at radius 2 is 2.21 bits per heavy atom. The van der Waals surface area contributed by atoms with Crippen LogP contribution >= 0.6 is 11.3 Å². The van der Waals surface area contributed by atoms with Crippen LogP contribution in [0.5, 0.6) is 0 Å². The normalized spacial score (nSPS) is 10.5. The summed E-state index contributed by atoms with van der Waals surface area (Å²) in [7, 11) is 3.59. The van der Waals surface area contributed by atoms with Crippen LogP contribution in [-0.4, -0.2) is 38.0 Å². The molecule has 0 unspecified atom stereocenters. The first-order valence-corrected chi connectivity index (χ1v) is 6.58. The quantitative estimate of drug-likeness (QED) is 0.925. The van der Waals surface area contributed by atoms with Crippen LogP contribution in [0.15, 0.2) is 6.20 Å². The van der Waals surface area contributed by atoms with Crippen molar-refractivity contribution < 1.29 is 4.79 Å². The van der Waals surface area contributed by atoms with Gasteiger partial charge in [-0.15, -0.1) is 10.2 Å². The minimum atomic E-state index is -0.209. The predicted octanol–water partition coefficient (Wildman–Crippen LogP) is 1.55. The van der Waals surface area contributed by atoms with E-state index in [1.54, 1.807) is 16.6 Å². The topological polar surface area (TPSA) is 75.9 Å². The number of nitrogens with zero attached hydrogens (tertiary/aromatic N) is 5. The maximum Gasteiger partial charge on any atom is 0.323 e. The van der Waals surface area contributed by atoms with E-state index in [-0.39, 0.29) is 6.03 Å². The molecule has 7 nitrogen and oxygen atoms in total. The van der Waals surface area contributed by atoms with Gasteiger partial charge in [0, 0.05) is 25.9 Å². The molecule has 0 spiro atoms. The number of aryl methyl sites for hydroxylation is 3. The average molecular weight is 280 g/mol. The lowest BCUT2D eigenvalue weighted by molar-refractivity contribution is 0.220. The fourth-order valence-corrected chi connectivity index (χ4v) is 2.25. The standard InChI is InChI=1S/C11H16N6OS/c1-7-9(6-17(4)15-7)5-16(3)11(18)12-10-14-13-8(2)19-10/h6H,5H2,1-4H3,(H,12,14,18). The molecule has 19 heavy (non-hydrogen) atoms. The summed E-state index contributed by atoms with van der Waals surface area (Å²) in [6.45, 7) is 4.27. The highest BCUT2D eigenvalue weighted by atomic mass is 32.1. The van der Waals surface area contributed by atoms with Crippen LogP contribution in [0, 0.1) is 13.8 Å². The van der Waals surface area contributed by atoms with Crippen LogP contribution in [0.4, 0.5) is 9.93 Å². The molecule has 0 aliphatic heterocycles. The molecule has 0 radical (unpaired) electrons. The van der Waals surface area contributed by atoms with Gasteiger partial charge in [0.05, 0.1) is 12.2 Å². The Morgan fingerprint density at radius 3 is 2.74 bits per heavy atom. The third-order valence-electron chi connectivity index (χ3n) is 2.61. The molecule has 0 bridgehead atoms. The molecule has 0 saturated carbocycles. The van der Waals surface area contributed by atoms with Crippen molar-refractivity contribution in [3.05, 3.63) is 22.5 Å². The lowest BCUT2D eigenvalue weighted by Gasteiger charge is -2.16. The van der Waals surface area contributed by atoms with Crippen molar-refractivity contribution >= 4 is 22.5 Å². The van der Waals surface area contributed by atoms with E-state index in [2.05, 4.69) is 20.6 Å². The van der Waals surface area contributed by atoms with E-state index in [4.69, 9.17) is 0 Å². The van der Waals surface area contributed by atoms with E-state index in [0.29, 0.717) is 11.7 Å². The first kappa shape index (κ1) is 13.5. The zero-order chi connectivity index (χ0) is 14.0. The van der Waals surface area contributed by atoms with Gasteiger partial charge in [-0.3, -0.25) is 10.00 Å². The number of hydrogen-bond acceptors (Lipinski definition) is 5. The summed E-state index contributed by atoms with van der Waals surface area (Å²) in [6.07, 6.45) is 1.91. The number of hydrogen-bond donors (Lipinski definition) is 1. The summed E-state index contributed by atoms with van der Waals surface area (Å²) in [5.41, 5.74) is 1.95. The molecular weight excluding hydrogens is 264 g/mol. The molecule has 0 fully saturated rings. The highest BCUT2D eigenvalue weighted by Gasteiger charge is 2.13. The number of urea groups is 1. The molecule has 2 rings (SSSR count). The van der Waals surface area contributed by atoms with E-state index in [9.17, 15) is 4.79 Å². The Bertz CT molecular complexity index is 590. The van der Waals surface area contributed by atoms with Crippen molar-refractivity contribution in [2.45, 2.75) is 20.4 Å². The van der Waals surface area contributed by atoms with Gasteiger partial charge in [0.15, 0.2) is 0 Å². The predicted molar refractivity (Wildman–Crippen MR) is 73.1 cm³/mol. The molecule has 0 aliphatic carbocycles. The molecule has 2 amide bonds. The van der Waals surface area contributed by atoms with Gasteiger partial charge in [-0.1, -0.05) is 11.3 Å². The van der Waals surface area contributed by atoms with Crippen LogP contribution in [0.25, 0.3) is 0 Å². The molecule has 0 aliphatic rings. The monoisotopic (exact) mass is 280 g/mol. The maximum atomic E-state index is 12.0. The van der Waals surface area contributed by atoms with Gasteiger partial charge in [0.1, 0.15) is 5.01 Å². The number of aromatic nitrogens is 4. The molecule has 0 saturated heterocycles.